The van der Waals surface area contributed by atoms with Crippen LogP contribution in [0.4, 0.5) is 11.8 Å². The number of nitrogens with zero attached hydrogens (tertiary/aromatic N) is 3. The number of ketones is 1. The first-order valence-electron chi connectivity index (χ1n) is 13.6. The van der Waals surface area contributed by atoms with Gasteiger partial charge >= 0.3 is 0 Å². The van der Waals surface area contributed by atoms with Crippen LogP contribution in [0.2, 0.25) is 0 Å². The van der Waals surface area contributed by atoms with Gasteiger partial charge in [0.25, 0.3) is 0 Å². The molecule has 2 heterocycles. The van der Waals surface area contributed by atoms with Gasteiger partial charge in [0.2, 0.25) is 5.95 Å². The summed E-state index contributed by atoms with van der Waals surface area (Å²) < 4.78 is 35.8. The monoisotopic (exact) mass is 599 g/mol. The van der Waals surface area contributed by atoms with E-state index in [0.717, 1.165) is 23.1 Å². The van der Waals surface area contributed by atoms with Gasteiger partial charge in [-0.05, 0) is 52.9 Å². The van der Waals surface area contributed by atoms with E-state index in [4.69, 9.17) is 20.9 Å². The van der Waals surface area contributed by atoms with Crippen molar-refractivity contribution in [3.8, 4) is 11.5 Å². The minimum Gasteiger partial charge on any atom is -0.493 e. The molecule has 1 aromatic heterocycles. The van der Waals surface area contributed by atoms with E-state index in [0.29, 0.717) is 35.6 Å². The number of sulfone groups is 1. The molecule has 43 heavy (non-hydrogen) atoms. The fourth-order valence-electron chi connectivity index (χ4n) is 5.38. The van der Waals surface area contributed by atoms with Crippen LogP contribution in [-0.2, 0) is 22.7 Å². The van der Waals surface area contributed by atoms with E-state index in [1.165, 1.54) is 32.1 Å². The fraction of sp³-hybridized carbons (Fsp3) is 0.219. The number of anilines is 2. The van der Waals surface area contributed by atoms with Crippen LogP contribution < -0.4 is 20.9 Å². The van der Waals surface area contributed by atoms with Crippen molar-refractivity contribution >= 4 is 27.4 Å². The Balaban J connectivity index is 1.51. The third-order valence-corrected chi connectivity index (χ3v) is 8.57. The first kappa shape index (κ1) is 29.6. The highest BCUT2D eigenvalue weighted by Gasteiger charge is 2.28. The minimum absolute atomic E-state index is 0.0799. The van der Waals surface area contributed by atoms with Gasteiger partial charge in [-0.1, -0.05) is 36.4 Å². The third kappa shape index (κ3) is 6.31. The highest BCUT2D eigenvalue weighted by molar-refractivity contribution is 7.90. The number of rotatable bonds is 9. The number of allylic oxidation sites excluding steroid dienone is 1. The third-order valence-electron chi connectivity index (χ3n) is 7.46. The van der Waals surface area contributed by atoms with E-state index in [1.807, 2.05) is 24.3 Å². The molecule has 10 nitrogen and oxygen atoms in total. The summed E-state index contributed by atoms with van der Waals surface area (Å²) in [5.74, 6) is 0.751. The lowest BCUT2D eigenvalue weighted by atomic mass is 9.88. The molecule has 1 unspecified atom stereocenters. The van der Waals surface area contributed by atoms with Gasteiger partial charge in [0.15, 0.2) is 27.1 Å². The Kier molecular flexibility index (Phi) is 8.36. The zero-order valence-electron chi connectivity index (χ0n) is 24.2. The van der Waals surface area contributed by atoms with Gasteiger partial charge in [-0.25, -0.2) is 13.4 Å². The van der Waals surface area contributed by atoms with Gasteiger partial charge in [0, 0.05) is 43.3 Å². The fourth-order valence-corrected chi connectivity index (χ4v) is 6.06. The Bertz CT molecular complexity index is 1820. The topological polar surface area (TPSA) is 151 Å². The molecule has 3 aromatic carbocycles. The Morgan fingerprint density at radius 2 is 1.86 bits per heavy atom. The number of carbonyl (C=O) groups excluding carboxylic acids is 1. The Morgan fingerprint density at radius 1 is 1.07 bits per heavy atom. The molecule has 0 bridgehead atoms. The number of hydrogen-bond acceptors (Lipinski definition) is 10. The predicted octanol–water partition coefficient (Wildman–Crippen LogP) is 4.00. The second kappa shape index (κ2) is 12.1. The van der Waals surface area contributed by atoms with Crippen LogP contribution >= 0.6 is 0 Å². The van der Waals surface area contributed by atoms with Crippen molar-refractivity contribution in [2.45, 2.75) is 23.8 Å². The van der Waals surface area contributed by atoms with E-state index < -0.39 is 9.84 Å². The van der Waals surface area contributed by atoms with E-state index in [2.05, 4.69) is 20.9 Å². The van der Waals surface area contributed by atoms with Crippen molar-refractivity contribution in [3.63, 3.8) is 0 Å². The van der Waals surface area contributed by atoms with E-state index >= 15 is 0 Å². The summed E-state index contributed by atoms with van der Waals surface area (Å²) in [6.07, 6.45) is 7.14. The quantitative estimate of drug-likeness (QED) is 0.213. The number of methoxy groups -OCH3 is 2. The van der Waals surface area contributed by atoms with Gasteiger partial charge in [-0.15, -0.1) is 0 Å². The van der Waals surface area contributed by atoms with Gasteiger partial charge in [-0.3, -0.25) is 4.79 Å². The summed E-state index contributed by atoms with van der Waals surface area (Å²) in [6.45, 7) is 0.630. The SMILES string of the molecule is COc1cc(Cc2cnc(N)nc2N)cc(C(=O)/C=C/N2CCc3ccccc3C2c2cccc(S(C)(=O)=O)c2)c1OC. The van der Waals surface area contributed by atoms with Gasteiger partial charge in [-0.2, -0.15) is 4.98 Å². The van der Waals surface area contributed by atoms with Gasteiger partial charge < -0.3 is 25.8 Å². The number of nitrogen functional groups attached to an aromatic ring is 2. The van der Waals surface area contributed by atoms with Crippen LogP contribution in [0.5, 0.6) is 11.5 Å². The highest BCUT2D eigenvalue weighted by atomic mass is 32.2. The molecule has 0 saturated carbocycles. The van der Waals surface area contributed by atoms with Crippen molar-refractivity contribution in [2.75, 3.05) is 38.5 Å². The molecule has 0 fully saturated rings. The summed E-state index contributed by atoms with van der Waals surface area (Å²) in [4.78, 5) is 24.1. The largest absolute Gasteiger partial charge is 0.493 e. The van der Waals surface area contributed by atoms with Crippen molar-refractivity contribution in [2.24, 2.45) is 0 Å². The van der Waals surface area contributed by atoms with Crippen LogP contribution in [-0.4, -0.2) is 56.1 Å². The van der Waals surface area contributed by atoms with E-state index in [9.17, 15) is 13.2 Å². The summed E-state index contributed by atoms with van der Waals surface area (Å²) in [5.41, 5.74) is 16.5. The first-order chi connectivity index (χ1) is 20.6. The highest BCUT2D eigenvalue weighted by Crippen LogP contribution is 2.37. The molecule has 1 aliphatic rings. The summed E-state index contributed by atoms with van der Waals surface area (Å²) in [6, 6.07) is 18.3. The molecule has 0 amide bonds. The zero-order chi connectivity index (χ0) is 30.7. The lowest BCUT2D eigenvalue weighted by Gasteiger charge is -2.37. The number of ether oxygens (including phenoxy) is 2. The molecule has 222 valence electrons. The number of carbonyl (C=O) groups is 1. The van der Waals surface area contributed by atoms with E-state index in [1.54, 1.807) is 42.7 Å². The average molecular weight is 600 g/mol. The maximum atomic E-state index is 13.7. The number of aromatic nitrogens is 2. The lowest BCUT2D eigenvalue weighted by molar-refractivity contribution is 0.104. The molecule has 0 saturated heterocycles. The van der Waals surface area contributed by atoms with Crippen LogP contribution in [0.1, 0.15) is 44.2 Å². The molecule has 0 aliphatic carbocycles. The molecule has 11 heteroatoms. The van der Waals surface area contributed by atoms with Crippen molar-refractivity contribution in [1.82, 2.24) is 14.9 Å². The molecular weight excluding hydrogens is 566 g/mol. The van der Waals surface area contributed by atoms with Crippen molar-refractivity contribution < 1.29 is 22.7 Å². The first-order valence-corrected chi connectivity index (χ1v) is 15.5. The Labute approximate surface area is 250 Å². The zero-order valence-corrected chi connectivity index (χ0v) is 25.0. The maximum Gasteiger partial charge on any atom is 0.221 e. The Morgan fingerprint density at radius 3 is 2.58 bits per heavy atom. The maximum absolute atomic E-state index is 13.7. The lowest BCUT2D eigenvalue weighted by Crippen LogP contribution is -2.32. The molecule has 4 N–H and O–H groups in total. The molecule has 1 aliphatic heterocycles. The summed E-state index contributed by atoms with van der Waals surface area (Å²) >= 11 is 0. The second-order valence-electron chi connectivity index (χ2n) is 10.3. The van der Waals surface area contributed by atoms with Crippen LogP contribution in [0.25, 0.3) is 0 Å². The molecule has 5 rings (SSSR count). The predicted molar refractivity (Wildman–Crippen MR) is 165 cm³/mol. The van der Waals surface area contributed by atoms with Crippen LogP contribution in [0, 0.1) is 0 Å². The average Bonchev–Trinajstić information content (AvgIpc) is 3.00. The van der Waals surface area contributed by atoms with Crippen molar-refractivity contribution in [3.05, 3.63) is 113 Å². The number of nitrogens with two attached hydrogens (primary N) is 2. The molecule has 0 spiro atoms. The number of fused-ring (bicyclic) bond motifs is 1. The molecule has 4 aromatic rings. The van der Waals surface area contributed by atoms with E-state index in [-0.39, 0.29) is 28.5 Å². The van der Waals surface area contributed by atoms with Crippen molar-refractivity contribution in [1.29, 1.82) is 0 Å². The smallest absolute Gasteiger partial charge is 0.221 e. The standard InChI is InChI=1S/C32H33N5O5S/c1-41-28-17-20(15-23-19-35-32(34)36-31(23)33)16-26(30(28)42-2)27(38)12-14-37-13-11-21-7-4-5-10-25(21)29(37)22-8-6-9-24(18-22)43(3,39)40/h4-10,12,14,16-19,29H,11,13,15H2,1-3H3,(H4,33,34,35,36)/b14-12+. The summed E-state index contributed by atoms with van der Waals surface area (Å²) in [5, 5.41) is 0. The minimum atomic E-state index is -3.40. The van der Waals surface area contributed by atoms with Crippen LogP contribution in [0.15, 0.2) is 84.0 Å². The number of benzene rings is 3. The summed E-state index contributed by atoms with van der Waals surface area (Å²) in [7, 11) is -0.416. The normalized spacial score (nSPS) is 14.9. The Hall–Kier alpha value is -4.90. The second-order valence-corrected chi connectivity index (χ2v) is 12.3. The van der Waals surface area contributed by atoms with Crippen LogP contribution in [0.3, 0.4) is 0 Å². The molecule has 0 radical (unpaired) electrons. The van der Waals surface area contributed by atoms with Gasteiger partial charge in [0.1, 0.15) is 5.82 Å². The number of hydrogen-bond donors (Lipinski definition) is 2. The molecule has 1 atom stereocenters. The van der Waals surface area contributed by atoms with Gasteiger partial charge in [0.05, 0.1) is 30.7 Å². The molecular formula is C32H33N5O5S.